The van der Waals surface area contributed by atoms with Gasteiger partial charge in [0.25, 0.3) is 11.5 Å². The summed E-state index contributed by atoms with van der Waals surface area (Å²) >= 11 is 5.85. The first-order chi connectivity index (χ1) is 11.5. The molecule has 0 aromatic carbocycles. The molecule has 0 spiro atoms. The van der Waals surface area contributed by atoms with Gasteiger partial charge in [-0.05, 0) is 36.6 Å². The lowest BCUT2D eigenvalue weighted by Gasteiger charge is -2.26. The van der Waals surface area contributed by atoms with Crippen molar-refractivity contribution in [3.63, 3.8) is 0 Å². The van der Waals surface area contributed by atoms with E-state index in [0.29, 0.717) is 12.1 Å². The molecule has 6 nitrogen and oxygen atoms in total. The summed E-state index contributed by atoms with van der Waals surface area (Å²) < 4.78 is 0. The molecule has 1 unspecified atom stereocenters. The first-order valence-corrected chi connectivity index (χ1v) is 8.17. The topological polar surface area (TPSA) is 69.3 Å². The molecule has 1 amide bonds. The molecule has 1 atom stereocenters. The van der Waals surface area contributed by atoms with Gasteiger partial charge in [0.2, 0.25) is 0 Å². The number of halogens is 1. The van der Waals surface area contributed by atoms with Gasteiger partial charge in [0.05, 0.1) is 11.6 Å². The second kappa shape index (κ2) is 6.65. The summed E-state index contributed by atoms with van der Waals surface area (Å²) in [5, 5.41) is 0.0235. The Bertz CT molecular complexity index is 818. The van der Waals surface area contributed by atoms with Crippen molar-refractivity contribution in [2.24, 2.45) is 0 Å². The Balaban J connectivity index is 1.90. The van der Waals surface area contributed by atoms with E-state index in [9.17, 15) is 9.59 Å². The number of amides is 1. The molecular weight excluding hydrogens is 328 g/mol. The predicted molar refractivity (Wildman–Crippen MR) is 93.6 cm³/mol. The Labute approximate surface area is 145 Å². The third kappa shape index (κ3) is 3.14. The standard InChI is InChI=1S/C17H19ClN4O2/c1-21(2)15-9-11(5-6-19-15)14-4-3-7-22(14)17(24)12-8-13(18)16(23)20-10-12/h5-6,8-10,14H,3-4,7H2,1-2H3,(H,20,23). The van der Waals surface area contributed by atoms with E-state index in [4.69, 9.17) is 11.6 Å². The summed E-state index contributed by atoms with van der Waals surface area (Å²) in [6.07, 6.45) is 5.03. The highest BCUT2D eigenvalue weighted by atomic mass is 35.5. The van der Waals surface area contributed by atoms with Crippen molar-refractivity contribution in [3.8, 4) is 0 Å². The summed E-state index contributed by atoms with van der Waals surface area (Å²) in [6, 6.07) is 5.39. The van der Waals surface area contributed by atoms with Crippen LogP contribution in [0.1, 0.15) is 34.8 Å². The highest BCUT2D eigenvalue weighted by molar-refractivity contribution is 6.30. The van der Waals surface area contributed by atoms with E-state index in [1.165, 1.54) is 12.3 Å². The molecule has 0 radical (unpaired) electrons. The van der Waals surface area contributed by atoms with Crippen molar-refractivity contribution in [2.45, 2.75) is 18.9 Å². The van der Waals surface area contributed by atoms with Gasteiger partial charge in [-0.3, -0.25) is 9.59 Å². The number of H-pyrrole nitrogens is 1. The lowest BCUT2D eigenvalue weighted by Crippen LogP contribution is -2.31. The van der Waals surface area contributed by atoms with Crippen LogP contribution in [0.5, 0.6) is 0 Å². The summed E-state index contributed by atoms with van der Waals surface area (Å²) in [4.78, 5) is 34.8. The number of aromatic amines is 1. The van der Waals surface area contributed by atoms with Crippen molar-refractivity contribution in [3.05, 3.63) is 57.1 Å². The van der Waals surface area contributed by atoms with Gasteiger partial charge in [-0.15, -0.1) is 0 Å². The van der Waals surface area contributed by atoms with E-state index in [-0.39, 0.29) is 17.0 Å². The Morgan fingerprint density at radius 3 is 2.92 bits per heavy atom. The maximum absolute atomic E-state index is 12.8. The number of anilines is 1. The highest BCUT2D eigenvalue weighted by Gasteiger charge is 2.31. The normalized spacial score (nSPS) is 17.1. The van der Waals surface area contributed by atoms with Crippen molar-refractivity contribution >= 4 is 23.3 Å². The fourth-order valence-corrected chi connectivity index (χ4v) is 3.16. The highest BCUT2D eigenvalue weighted by Crippen LogP contribution is 2.34. The van der Waals surface area contributed by atoms with E-state index in [2.05, 4.69) is 9.97 Å². The molecule has 2 aromatic heterocycles. The van der Waals surface area contributed by atoms with Crippen molar-refractivity contribution in [2.75, 3.05) is 25.5 Å². The molecule has 2 aromatic rings. The van der Waals surface area contributed by atoms with Crippen LogP contribution in [0, 0.1) is 0 Å². The number of nitrogens with zero attached hydrogens (tertiary/aromatic N) is 3. The maximum atomic E-state index is 12.8. The molecule has 0 bridgehead atoms. The number of nitrogens with one attached hydrogen (secondary N) is 1. The summed E-state index contributed by atoms with van der Waals surface area (Å²) in [5.74, 6) is 0.734. The van der Waals surface area contributed by atoms with E-state index in [1.807, 2.05) is 36.0 Å². The average molecular weight is 347 g/mol. The Hall–Kier alpha value is -2.34. The number of carbonyl (C=O) groups is 1. The van der Waals surface area contributed by atoms with Gasteiger partial charge >= 0.3 is 0 Å². The van der Waals surface area contributed by atoms with Gasteiger partial charge in [-0.1, -0.05) is 11.6 Å². The zero-order valence-electron chi connectivity index (χ0n) is 13.6. The molecule has 1 fully saturated rings. The Morgan fingerprint density at radius 1 is 1.42 bits per heavy atom. The molecule has 0 aliphatic carbocycles. The Morgan fingerprint density at radius 2 is 2.21 bits per heavy atom. The summed E-state index contributed by atoms with van der Waals surface area (Å²) in [5.41, 5.74) is 1.07. The minimum Gasteiger partial charge on any atom is -0.363 e. The van der Waals surface area contributed by atoms with Crippen LogP contribution in [0.2, 0.25) is 5.02 Å². The number of rotatable bonds is 3. The SMILES string of the molecule is CN(C)c1cc(C2CCCN2C(=O)c2c[nH]c(=O)c(Cl)c2)ccn1. The number of hydrogen-bond donors (Lipinski definition) is 1. The van der Waals surface area contributed by atoms with Crippen molar-refractivity contribution in [1.29, 1.82) is 0 Å². The minimum absolute atomic E-state index is 0.00454. The number of aromatic nitrogens is 2. The molecule has 7 heteroatoms. The molecule has 3 rings (SSSR count). The monoisotopic (exact) mass is 346 g/mol. The number of pyridine rings is 2. The van der Waals surface area contributed by atoms with Crippen LogP contribution in [0.4, 0.5) is 5.82 Å². The second-order valence-electron chi connectivity index (χ2n) is 6.06. The maximum Gasteiger partial charge on any atom is 0.266 e. The molecular formula is C17H19ClN4O2. The largest absolute Gasteiger partial charge is 0.363 e. The van der Waals surface area contributed by atoms with E-state index in [0.717, 1.165) is 24.2 Å². The van der Waals surface area contributed by atoms with Crippen molar-refractivity contribution in [1.82, 2.24) is 14.9 Å². The van der Waals surface area contributed by atoms with Gasteiger partial charge < -0.3 is 14.8 Å². The van der Waals surface area contributed by atoms with Gasteiger partial charge in [0.1, 0.15) is 10.8 Å². The first kappa shape index (κ1) is 16.5. The second-order valence-corrected chi connectivity index (χ2v) is 6.47. The van der Waals surface area contributed by atoms with Crippen LogP contribution in [0.3, 0.4) is 0 Å². The van der Waals surface area contributed by atoms with Gasteiger partial charge in [0, 0.05) is 33.0 Å². The zero-order chi connectivity index (χ0) is 17.3. The van der Waals surface area contributed by atoms with Crippen LogP contribution in [0.25, 0.3) is 0 Å². The Kier molecular flexibility index (Phi) is 4.57. The van der Waals surface area contributed by atoms with E-state index >= 15 is 0 Å². The van der Waals surface area contributed by atoms with Crippen LogP contribution in [-0.4, -0.2) is 41.4 Å². The van der Waals surface area contributed by atoms with Gasteiger partial charge in [-0.2, -0.15) is 0 Å². The summed E-state index contributed by atoms with van der Waals surface area (Å²) in [7, 11) is 3.87. The molecule has 3 heterocycles. The van der Waals surface area contributed by atoms with Crippen LogP contribution >= 0.6 is 11.6 Å². The number of hydrogen-bond acceptors (Lipinski definition) is 4. The fraction of sp³-hybridized carbons (Fsp3) is 0.353. The van der Waals surface area contributed by atoms with Gasteiger partial charge in [0.15, 0.2) is 0 Å². The molecule has 1 saturated heterocycles. The molecule has 1 N–H and O–H groups in total. The van der Waals surface area contributed by atoms with E-state index < -0.39 is 5.56 Å². The average Bonchev–Trinajstić information content (AvgIpc) is 3.06. The molecule has 1 aliphatic heterocycles. The zero-order valence-corrected chi connectivity index (χ0v) is 14.4. The molecule has 126 valence electrons. The third-order valence-corrected chi connectivity index (χ3v) is 4.51. The number of carbonyl (C=O) groups excluding carboxylic acids is 1. The van der Waals surface area contributed by atoms with Crippen LogP contribution < -0.4 is 10.5 Å². The van der Waals surface area contributed by atoms with Crippen LogP contribution in [0.15, 0.2) is 35.4 Å². The predicted octanol–water partition coefficient (Wildman–Crippen LogP) is 2.47. The third-order valence-electron chi connectivity index (χ3n) is 4.23. The smallest absolute Gasteiger partial charge is 0.266 e. The molecule has 24 heavy (non-hydrogen) atoms. The minimum atomic E-state index is -0.393. The van der Waals surface area contributed by atoms with Crippen LogP contribution in [-0.2, 0) is 0 Å². The van der Waals surface area contributed by atoms with E-state index in [1.54, 1.807) is 6.20 Å². The lowest BCUT2D eigenvalue weighted by atomic mass is 10.1. The van der Waals surface area contributed by atoms with Crippen molar-refractivity contribution < 1.29 is 4.79 Å². The molecule has 0 saturated carbocycles. The quantitative estimate of drug-likeness (QED) is 0.927. The van der Waals surface area contributed by atoms with Gasteiger partial charge in [-0.25, -0.2) is 4.98 Å². The number of likely N-dealkylation sites (tertiary alicyclic amines) is 1. The first-order valence-electron chi connectivity index (χ1n) is 7.80. The lowest BCUT2D eigenvalue weighted by molar-refractivity contribution is 0.0735. The summed E-state index contributed by atoms with van der Waals surface area (Å²) in [6.45, 7) is 0.680. The molecule has 1 aliphatic rings. The fourth-order valence-electron chi connectivity index (χ4n) is 2.99.